The highest BCUT2D eigenvalue weighted by atomic mass is 16.6. The fourth-order valence-corrected chi connectivity index (χ4v) is 3.30. The van der Waals surface area contributed by atoms with Gasteiger partial charge in [0.2, 0.25) is 0 Å². The van der Waals surface area contributed by atoms with Crippen molar-refractivity contribution >= 4 is 5.97 Å². The fourth-order valence-electron chi connectivity index (χ4n) is 3.30. The maximum absolute atomic E-state index is 11.8. The normalized spacial score (nSPS) is 45.3. The van der Waals surface area contributed by atoms with Crippen LogP contribution in [-0.4, -0.2) is 24.8 Å². The highest BCUT2D eigenvalue weighted by Gasteiger charge is 2.64. The zero-order valence-electron chi connectivity index (χ0n) is 9.15. The Kier molecular flexibility index (Phi) is 2.23. The summed E-state index contributed by atoms with van der Waals surface area (Å²) in [5.74, 6) is 1.32. The van der Waals surface area contributed by atoms with Crippen molar-refractivity contribution in [2.24, 2.45) is 17.8 Å². The number of carbonyl (C=O) groups is 1. The van der Waals surface area contributed by atoms with Gasteiger partial charge in [-0.05, 0) is 25.2 Å². The molecule has 3 heteroatoms. The first-order valence-corrected chi connectivity index (χ1v) is 6.13. The zero-order chi connectivity index (χ0) is 10.4. The van der Waals surface area contributed by atoms with E-state index in [4.69, 9.17) is 9.47 Å². The molecule has 3 nitrogen and oxygen atoms in total. The molecule has 1 heterocycles. The summed E-state index contributed by atoms with van der Waals surface area (Å²) in [6, 6.07) is 0. The Morgan fingerprint density at radius 1 is 1.40 bits per heavy atom. The molecule has 0 amide bonds. The number of esters is 1. The van der Waals surface area contributed by atoms with Crippen molar-refractivity contribution < 1.29 is 14.3 Å². The third-order valence-electron chi connectivity index (χ3n) is 4.14. The lowest BCUT2D eigenvalue weighted by atomic mass is 9.89. The van der Waals surface area contributed by atoms with Crippen LogP contribution in [0, 0.1) is 17.8 Å². The first-order valence-electron chi connectivity index (χ1n) is 6.13. The van der Waals surface area contributed by atoms with Crippen LogP contribution < -0.4 is 0 Å². The van der Waals surface area contributed by atoms with E-state index < -0.39 is 0 Å². The van der Waals surface area contributed by atoms with Crippen molar-refractivity contribution in [3.63, 3.8) is 0 Å². The number of hydrogen-bond donors (Lipinski definition) is 0. The molecular weight excluding hydrogens is 192 g/mol. The van der Waals surface area contributed by atoms with Crippen molar-refractivity contribution in [3.8, 4) is 0 Å². The molecule has 1 saturated heterocycles. The van der Waals surface area contributed by atoms with Gasteiger partial charge in [-0.25, -0.2) is 0 Å². The molecule has 3 fully saturated rings. The van der Waals surface area contributed by atoms with Gasteiger partial charge in [-0.3, -0.25) is 4.79 Å². The quantitative estimate of drug-likeness (QED) is 0.403. The summed E-state index contributed by atoms with van der Waals surface area (Å²) in [7, 11) is 0. The molecule has 1 aliphatic heterocycles. The maximum atomic E-state index is 11.8. The average Bonchev–Trinajstić information content (AvgIpc) is 2.84. The zero-order valence-corrected chi connectivity index (χ0v) is 9.15. The number of rotatable bonds is 4. The van der Waals surface area contributed by atoms with Gasteiger partial charge in [0.05, 0.1) is 24.7 Å². The molecule has 84 valence electrons. The Morgan fingerprint density at radius 2 is 2.27 bits per heavy atom. The minimum atomic E-state index is 0.0323. The standard InChI is InChI=1S/C12H18O3/c1-2-3-4-14-12(13)9-6-7-5-8(9)11-10(7)15-11/h7-11H,2-6H2,1H3. The molecule has 0 N–H and O–H groups in total. The first-order chi connectivity index (χ1) is 7.31. The van der Waals surface area contributed by atoms with Crippen molar-refractivity contribution in [1.29, 1.82) is 0 Å². The van der Waals surface area contributed by atoms with Gasteiger partial charge < -0.3 is 9.47 Å². The number of fused-ring (bicyclic) bond motifs is 5. The van der Waals surface area contributed by atoms with Gasteiger partial charge in [0.1, 0.15) is 0 Å². The second-order valence-electron chi connectivity index (χ2n) is 5.09. The predicted octanol–water partition coefficient (Wildman–Crippen LogP) is 1.75. The molecule has 0 aromatic heterocycles. The summed E-state index contributed by atoms with van der Waals surface area (Å²) in [5, 5.41) is 0. The molecule has 0 spiro atoms. The lowest BCUT2D eigenvalue weighted by Crippen LogP contribution is -2.27. The smallest absolute Gasteiger partial charge is 0.309 e. The number of ether oxygens (including phenoxy) is 2. The molecule has 3 aliphatic rings. The molecule has 5 unspecified atom stereocenters. The lowest BCUT2D eigenvalue weighted by Gasteiger charge is -2.17. The van der Waals surface area contributed by atoms with Crippen LogP contribution in [0.2, 0.25) is 0 Å². The monoisotopic (exact) mass is 210 g/mol. The number of hydrogen-bond acceptors (Lipinski definition) is 3. The Morgan fingerprint density at radius 3 is 2.93 bits per heavy atom. The molecule has 0 aromatic carbocycles. The van der Waals surface area contributed by atoms with Crippen LogP contribution in [0.1, 0.15) is 32.6 Å². The van der Waals surface area contributed by atoms with E-state index in [0.717, 1.165) is 19.3 Å². The minimum Gasteiger partial charge on any atom is -0.465 e. The van der Waals surface area contributed by atoms with Crippen LogP contribution in [0.3, 0.4) is 0 Å². The SMILES string of the molecule is CCCCOC(=O)C1CC2CC1C1OC21. The summed E-state index contributed by atoms with van der Waals surface area (Å²) >= 11 is 0. The van der Waals surface area contributed by atoms with E-state index in [2.05, 4.69) is 6.92 Å². The van der Waals surface area contributed by atoms with Gasteiger partial charge in [-0.2, -0.15) is 0 Å². The predicted molar refractivity (Wildman–Crippen MR) is 54.2 cm³/mol. The summed E-state index contributed by atoms with van der Waals surface area (Å²) in [6.07, 6.45) is 5.19. The van der Waals surface area contributed by atoms with Crippen molar-refractivity contribution in [3.05, 3.63) is 0 Å². The van der Waals surface area contributed by atoms with Gasteiger partial charge in [0.25, 0.3) is 0 Å². The third-order valence-corrected chi connectivity index (χ3v) is 4.14. The Labute approximate surface area is 90.1 Å². The van der Waals surface area contributed by atoms with Gasteiger partial charge in [0.15, 0.2) is 0 Å². The van der Waals surface area contributed by atoms with Crippen molar-refractivity contribution in [2.45, 2.75) is 44.8 Å². The Bertz CT molecular complexity index is 276. The van der Waals surface area contributed by atoms with Crippen LogP contribution in [-0.2, 0) is 14.3 Å². The van der Waals surface area contributed by atoms with E-state index in [9.17, 15) is 4.79 Å². The molecule has 2 saturated carbocycles. The number of epoxide rings is 1. The van der Waals surface area contributed by atoms with Crippen LogP contribution in [0.15, 0.2) is 0 Å². The summed E-state index contributed by atoms with van der Waals surface area (Å²) < 4.78 is 10.8. The van der Waals surface area contributed by atoms with E-state index >= 15 is 0 Å². The molecule has 0 aromatic rings. The van der Waals surface area contributed by atoms with Crippen LogP contribution in [0.5, 0.6) is 0 Å². The largest absolute Gasteiger partial charge is 0.465 e. The Hall–Kier alpha value is -0.570. The molecule has 3 rings (SSSR count). The highest BCUT2D eigenvalue weighted by Crippen LogP contribution is 2.58. The molecule has 2 bridgehead atoms. The van der Waals surface area contributed by atoms with E-state index in [1.54, 1.807) is 0 Å². The molecule has 0 radical (unpaired) electrons. The van der Waals surface area contributed by atoms with Crippen LogP contribution >= 0.6 is 0 Å². The second-order valence-corrected chi connectivity index (χ2v) is 5.09. The number of unbranched alkanes of at least 4 members (excludes halogenated alkanes) is 1. The first kappa shape index (κ1) is 9.64. The molecule has 2 aliphatic carbocycles. The van der Waals surface area contributed by atoms with E-state index in [0.29, 0.717) is 30.7 Å². The summed E-state index contributed by atoms with van der Waals surface area (Å²) in [4.78, 5) is 11.8. The minimum absolute atomic E-state index is 0.0323. The number of carbonyl (C=O) groups excluding carboxylic acids is 1. The maximum Gasteiger partial charge on any atom is 0.309 e. The van der Waals surface area contributed by atoms with E-state index in [-0.39, 0.29) is 11.9 Å². The van der Waals surface area contributed by atoms with Gasteiger partial charge in [0, 0.05) is 5.92 Å². The van der Waals surface area contributed by atoms with E-state index in [1.807, 2.05) is 0 Å². The molecular formula is C12H18O3. The van der Waals surface area contributed by atoms with Crippen molar-refractivity contribution in [1.82, 2.24) is 0 Å². The van der Waals surface area contributed by atoms with Gasteiger partial charge in [-0.1, -0.05) is 13.3 Å². The second kappa shape index (κ2) is 3.48. The molecule has 5 atom stereocenters. The van der Waals surface area contributed by atoms with E-state index in [1.165, 1.54) is 6.42 Å². The Balaban J connectivity index is 1.53. The van der Waals surface area contributed by atoms with Crippen molar-refractivity contribution in [2.75, 3.05) is 6.61 Å². The highest BCUT2D eigenvalue weighted by molar-refractivity contribution is 5.74. The van der Waals surface area contributed by atoms with Gasteiger partial charge >= 0.3 is 5.97 Å². The van der Waals surface area contributed by atoms with Crippen LogP contribution in [0.4, 0.5) is 0 Å². The average molecular weight is 210 g/mol. The summed E-state index contributed by atoms with van der Waals surface area (Å²) in [6.45, 7) is 2.70. The molecule has 15 heavy (non-hydrogen) atoms. The third kappa shape index (κ3) is 1.48. The van der Waals surface area contributed by atoms with Crippen LogP contribution in [0.25, 0.3) is 0 Å². The lowest BCUT2D eigenvalue weighted by molar-refractivity contribution is -0.150. The topological polar surface area (TPSA) is 38.8 Å². The summed E-state index contributed by atoms with van der Waals surface area (Å²) in [5.41, 5.74) is 0. The fraction of sp³-hybridized carbons (Fsp3) is 0.917. The van der Waals surface area contributed by atoms with Gasteiger partial charge in [-0.15, -0.1) is 0 Å².